The summed E-state index contributed by atoms with van der Waals surface area (Å²) in [6.45, 7) is 2.92. The molecule has 1 atom stereocenters. The lowest BCUT2D eigenvalue weighted by atomic mass is 9.91. The summed E-state index contributed by atoms with van der Waals surface area (Å²) < 4.78 is 0. The number of amides is 2. The molecule has 1 N–H and O–H groups in total. The van der Waals surface area contributed by atoms with E-state index in [4.69, 9.17) is 0 Å². The first-order valence-corrected chi connectivity index (χ1v) is 10.9. The molecule has 154 valence electrons. The summed E-state index contributed by atoms with van der Waals surface area (Å²) in [5, 5.41) is 3.56. The molecule has 4 rings (SSSR count). The van der Waals surface area contributed by atoms with E-state index in [2.05, 4.69) is 15.3 Å². The van der Waals surface area contributed by atoms with Crippen molar-refractivity contribution in [3.8, 4) is 0 Å². The number of thiazole rings is 1. The molecule has 1 aliphatic heterocycles. The van der Waals surface area contributed by atoms with Gasteiger partial charge in [-0.25, -0.2) is 4.98 Å². The SMILES string of the molecule is Cc1nc(N2CCC[C@@H](Cc3cccnc3)C2=O)sc1C(=O)NCc1ccccc1. The first-order chi connectivity index (χ1) is 14.6. The summed E-state index contributed by atoms with van der Waals surface area (Å²) in [6, 6.07) is 13.7. The Hall–Kier alpha value is -3.06. The van der Waals surface area contributed by atoms with Crippen LogP contribution < -0.4 is 10.2 Å². The minimum atomic E-state index is -0.156. The van der Waals surface area contributed by atoms with Crippen molar-refractivity contribution >= 4 is 28.3 Å². The van der Waals surface area contributed by atoms with Crippen LogP contribution in [0.3, 0.4) is 0 Å². The molecule has 7 heteroatoms. The molecule has 2 aromatic heterocycles. The number of nitrogens with one attached hydrogen (secondary N) is 1. The second-order valence-electron chi connectivity index (χ2n) is 7.47. The normalized spacial score (nSPS) is 16.5. The third-order valence-corrected chi connectivity index (χ3v) is 6.45. The predicted molar refractivity (Wildman–Crippen MR) is 117 cm³/mol. The van der Waals surface area contributed by atoms with Crippen LogP contribution in [0.2, 0.25) is 0 Å². The Morgan fingerprint density at radius 3 is 2.77 bits per heavy atom. The second kappa shape index (κ2) is 9.17. The number of piperidine rings is 1. The number of aromatic nitrogens is 2. The van der Waals surface area contributed by atoms with Gasteiger partial charge in [-0.2, -0.15) is 0 Å². The minimum absolute atomic E-state index is 0.0788. The van der Waals surface area contributed by atoms with E-state index in [0.29, 0.717) is 35.2 Å². The molecule has 1 fully saturated rings. The van der Waals surface area contributed by atoms with Gasteiger partial charge in [0.1, 0.15) is 4.88 Å². The molecule has 0 aliphatic carbocycles. The highest BCUT2D eigenvalue weighted by Crippen LogP contribution is 2.31. The Morgan fingerprint density at radius 1 is 1.20 bits per heavy atom. The van der Waals surface area contributed by atoms with E-state index >= 15 is 0 Å². The third-order valence-electron chi connectivity index (χ3n) is 5.27. The van der Waals surface area contributed by atoms with E-state index in [0.717, 1.165) is 24.0 Å². The van der Waals surface area contributed by atoms with Gasteiger partial charge < -0.3 is 5.32 Å². The first-order valence-electron chi connectivity index (χ1n) is 10.1. The average Bonchev–Trinajstić information content (AvgIpc) is 3.16. The van der Waals surface area contributed by atoms with Crippen molar-refractivity contribution in [2.45, 2.75) is 32.7 Å². The molecule has 6 nitrogen and oxygen atoms in total. The maximum absolute atomic E-state index is 13.1. The lowest BCUT2D eigenvalue weighted by Gasteiger charge is -2.30. The number of rotatable bonds is 6. The van der Waals surface area contributed by atoms with Gasteiger partial charge in [-0.3, -0.25) is 19.5 Å². The quantitative estimate of drug-likeness (QED) is 0.659. The van der Waals surface area contributed by atoms with E-state index in [9.17, 15) is 9.59 Å². The van der Waals surface area contributed by atoms with Crippen LogP contribution >= 0.6 is 11.3 Å². The average molecular weight is 421 g/mol. The van der Waals surface area contributed by atoms with Gasteiger partial charge in [0, 0.05) is 31.4 Å². The van der Waals surface area contributed by atoms with Gasteiger partial charge in [0.25, 0.3) is 5.91 Å². The number of pyridine rings is 1. The number of aryl methyl sites for hydroxylation is 1. The fraction of sp³-hybridized carbons (Fsp3) is 0.304. The molecule has 0 spiro atoms. The Bertz CT molecular complexity index is 1020. The Balaban J connectivity index is 1.45. The molecule has 1 aromatic carbocycles. The molecule has 2 amide bonds. The number of benzene rings is 1. The fourth-order valence-corrected chi connectivity index (χ4v) is 4.71. The fourth-order valence-electron chi connectivity index (χ4n) is 3.70. The first kappa shape index (κ1) is 20.2. The molecule has 0 saturated carbocycles. The van der Waals surface area contributed by atoms with Crippen molar-refractivity contribution in [1.29, 1.82) is 0 Å². The Kier molecular flexibility index (Phi) is 6.18. The number of hydrogen-bond donors (Lipinski definition) is 1. The highest BCUT2D eigenvalue weighted by Gasteiger charge is 2.32. The zero-order chi connectivity index (χ0) is 20.9. The lowest BCUT2D eigenvalue weighted by Crippen LogP contribution is -2.42. The van der Waals surface area contributed by atoms with E-state index in [1.807, 2.05) is 55.6 Å². The zero-order valence-corrected chi connectivity index (χ0v) is 17.7. The van der Waals surface area contributed by atoms with Crippen LogP contribution in [0.5, 0.6) is 0 Å². The lowest BCUT2D eigenvalue weighted by molar-refractivity contribution is -0.123. The van der Waals surface area contributed by atoms with Gasteiger partial charge in [-0.15, -0.1) is 0 Å². The zero-order valence-electron chi connectivity index (χ0n) is 16.9. The smallest absolute Gasteiger partial charge is 0.263 e. The van der Waals surface area contributed by atoms with Crippen molar-refractivity contribution in [3.05, 3.63) is 76.6 Å². The second-order valence-corrected chi connectivity index (χ2v) is 8.45. The van der Waals surface area contributed by atoms with Gasteiger partial charge >= 0.3 is 0 Å². The van der Waals surface area contributed by atoms with Crippen LogP contribution in [-0.4, -0.2) is 28.3 Å². The van der Waals surface area contributed by atoms with Crippen molar-refractivity contribution < 1.29 is 9.59 Å². The summed E-state index contributed by atoms with van der Waals surface area (Å²) in [5.41, 5.74) is 2.76. The van der Waals surface area contributed by atoms with Crippen LogP contribution in [0.4, 0.5) is 5.13 Å². The summed E-state index contributed by atoms with van der Waals surface area (Å²) in [5.74, 6) is -0.158. The monoisotopic (exact) mass is 420 g/mol. The van der Waals surface area contributed by atoms with Crippen LogP contribution in [0.15, 0.2) is 54.9 Å². The standard InChI is InChI=1S/C23H24N4O2S/c1-16-20(21(28)25-15-17-7-3-2-4-8-17)30-23(26-16)27-12-6-10-19(22(27)29)13-18-9-5-11-24-14-18/h2-5,7-9,11,14,19H,6,10,12-13,15H2,1H3,(H,25,28)/t19-/m0/s1. The van der Waals surface area contributed by atoms with Gasteiger partial charge in [0.05, 0.1) is 5.69 Å². The van der Waals surface area contributed by atoms with Crippen LogP contribution in [0.1, 0.15) is 39.3 Å². The van der Waals surface area contributed by atoms with E-state index in [1.54, 1.807) is 11.1 Å². The number of hydrogen-bond acceptors (Lipinski definition) is 5. The molecular weight excluding hydrogens is 396 g/mol. The molecule has 30 heavy (non-hydrogen) atoms. The molecule has 1 aliphatic rings. The van der Waals surface area contributed by atoms with E-state index in [1.165, 1.54) is 11.3 Å². The Morgan fingerprint density at radius 2 is 2.00 bits per heavy atom. The molecular formula is C23H24N4O2S. The molecule has 1 saturated heterocycles. The highest BCUT2D eigenvalue weighted by molar-refractivity contribution is 7.17. The molecule has 0 radical (unpaired) electrons. The summed E-state index contributed by atoms with van der Waals surface area (Å²) >= 11 is 1.29. The number of carbonyl (C=O) groups excluding carboxylic acids is 2. The maximum atomic E-state index is 13.1. The summed E-state index contributed by atoms with van der Waals surface area (Å²) in [4.78, 5) is 36.8. The van der Waals surface area contributed by atoms with Gasteiger partial charge in [0.2, 0.25) is 5.91 Å². The topological polar surface area (TPSA) is 75.2 Å². The minimum Gasteiger partial charge on any atom is -0.347 e. The van der Waals surface area contributed by atoms with Gasteiger partial charge in [0.15, 0.2) is 5.13 Å². The van der Waals surface area contributed by atoms with Crippen LogP contribution in [0, 0.1) is 12.8 Å². The molecule has 3 aromatic rings. The number of anilines is 1. The van der Waals surface area contributed by atoms with E-state index < -0.39 is 0 Å². The van der Waals surface area contributed by atoms with E-state index in [-0.39, 0.29) is 17.7 Å². The van der Waals surface area contributed by atoms with Crippen molar-refractivity contribution in [1.82, 2.24) is 15.3 Å². The largest absolute Gasteiger partial charge is 0.347 e. The molecule has 3 heterocycles. The molecule has 0 bridgehead atoms. The maximum Gasteiger partial charge on any atom is 0.263 e. The Labute approximate surface area is 180 Å². The predicted octanol–water partition coefficient (Wildman–Crippen LogP) is 3.76. The number of carbonyl (C=O) groups is 2. The van der Waals surface area contributed by atoms with Crippen molar-refractivity contribution in [2.24, 2.45) is 5.92 Å². The molecule has 0 unspecified atom stereocenters. The summed E-state index contributed by atoms with van der Waals surface area (Å²) in [7, 11) is 0. The van der Waals surface area contributed by atoms with Crippen LogP contribution in [-0.2, 0) is 17.8 Å². The number of nitrogens with zero attached hydrogens (tertiary/aromatic N) is 3. The third kappa shape index (κ3) is 4.57. The highest BCUT2D eigenvalue weighted by atomic mass is 32.1. The van der Waals surface area contributed by atoms with Gasteiger partial charge in [-0.1, -0.05) is 47.7 Å². The van der Waals surface area contributed by atoms with Gasteiger partial charge in [-0.05, 0) is 43.4 Å². The van der Waals surface area contributed by atoms with Crippen LogP contribution in [0.25, 0.3) is 0 Å². The van der Waals surface area contributed by atoms with Crippen molar-refractivity contribution in [2.75, 3.05) is 11.4 Å². The summed E-state index contributed by atoms with van der Waals surface area (Å²) in [6.07, 6.45) is 6.01. The van der Waals surface area contributed by atoms with Crippen molar-refractivity contribution in [3.63, 3.8) is 0 Å².